The highest BCUT2D eigenvalue weighted by Crippen LogP contribution is 2.34. The summed E-state index contributed by atoms with van der Waals surface area (Å²) in [6, 6.07) is 5.95. The van der Waals surface area contributed by atoms with Crippen LogP contribution in [0, 0.1) is 6.92 Å². The lowest BCUT2D eigenvalue weighted by atomic mass is 9.79. The van der Waals surface area contributed by atoms with Crippen molar-refractivity contribution >= 4 is 17.2 Å². The van der Waals surface area contributed by atoms with Crippen LogP contribution in [-0.2, 0) is 5.54 Å². The smallest absolute Gasteiger partial charge is 0.148 e. The van der Waals surface area contributed by atoms with Gasteiger partial charge in [-0.25, -0.2) is 24.9 Å². The summed E-state index contributed by atoms with van der Waals surface area (Å²) in [5.74, 6) is 1.39. The Bertz CT molecular complexity index is 1210. The predicted molar refractivity (Wildman–Crippen MR) is 119 cm³/mol. The largest absolute Gasteiger partial charge is 0.339 e. The summed E-state index contributed by atoms with van der Waals surface area (Å²) in [5, 5.41) is 3.29. The highest BCUT2D eigenvalue weighted by molar-refractivity contribution is 5.66. The molecule has 0 spiro atoms. The molecule has 5 rings (SSSR count). The Kier molecular flexibility index (Phi) is 4.84. The van der Waals surface area contributed by atoms with E-state index in [9.17, 15) is 0 Å². The maximum atomic E-state index is 6.71. The third kappa shape index (κ3) is 3.73. The highest BCUT2D eigenvalue weighted by Gasteiger charge is 2.35. The SMILES string of the molecule is Cc1cnc(C2(N)CCC(N)CC2)nc1-c1cnc2ccc(Nc3ccncn3)cn12. The molecule has 31 heavy (non-hydrogen) atoms. The van der Waals surface area contributed by atoms with Crippen LogP contribution in [0.5, 0.6) is 0 Å². The van der Waals surface area contributed by atoms with Gasteiger partial charge in [-0.2, -0.15) is 0 Å². The molecule has 4 aromatic rings. The molecule has 158 valence electrons. The van der Waals surface area contributed by atoms with E-state index in [1.54, 1.807) is 6.20 Å². The summed E-state index contributed by atoms with van der Waals surface area (Å²) < 4.78 is 2.02. The monoisotopic (exact) mass is 415 g/mol. The van der Waals surface area contributed by atoms with Gasteiger partial charge in [-0.05, 0) is 56.4 Å². The molecule has 0 atom stereocenters. The molecule has 4 heterocycles. The molecule has 1 fully saturated rings. The molecule has 0 bridgehead atoms. The molecule has 0 saturated heterocycles. The van der Waals surface area contributed by atoms with E-state index < -0.39 is 5.54 Å². The minimum Gasteiger partial charge on any atom is -0.339 e. The number of fused-ring (bicyclic) bond motifs is 1. The number of nitrogens with zero attached hydrogens (tertiary/aromatic N) is 6. The Labute approximate surface area is 180 Å². The zero-order valence-corrected chi connectivity index (χ0v) is 17.4. The van der Waals surface area contributed by atoms with Gasteiger partial charge >= 0.3 is 0 Å². The van der Waals surface area contributed by atoms with Crippen LogP contribution in [-0.4, -0.2) is 35.4 Å². The molecule has 4 aromatic heterocycles. The van der Waals surface area contributed by atoms with E-state index in [0.29, 0.717) is 5.82 Å². The van der Waals surface area contributed by atoms with Gasteiger partial charge in [0, 0.05) is 24.6 Å². The molecule has 5 N–H and O–H groups in total. The Morgan fingerprint density at radius 3 is 2.71 bits per heavy atom. The number of pyridine rings is 1. The summed E-state index contributed by atoms with van der Waals surface area (Å²) in [4.78, 5) is 22.2. The van der Waals surface area contributed by atoms with Gasteiger partial charge in [0.25, 0.3) is 0 Å². The number of nitrogens with one attached hydrogen (secondary N) is 1. The van der Waals surface area contributed by atoms with Gasteiger partial charge in [0.1, 0.15) is 23.6 Å². The van der Waals surface area contributed by atoms with Gasteiger partial charge in [-0.15, -0.1) is 0 Å². The van der Waals surface area contributed by atoms with Gasteiger partial charge in [0.2, 0.25) is 0 Å². The standard InChI is InChI=1S/C22H25N9/c1-14-10-27-21(22(24)7-4-15(23)5-8-22)30-20(14)17-11-26-19-3-2-16(12-31(17)19)29-18-6-9-25-13-28-18/h2-3,6,9-13,15H,4-5,7-8,23-24H2,1H3,(H,25,28,29). The van der Waals surface area contributed by atoms with Crippen molar-refractivity contribution in [2.24, 2.45) is 11.5 Å². The number of imidazole rings is 1. The van der Waals surface area contributed by atoms with Crippen LogP contribution < -0.4 is 16.8 Å². The van der Waals surface area contributed by atoms with Crippen LogP contribution in [0.4, 0.5) is 11.5 Å². The minimum atomic E-state index is -0.543. The molecule has 1 aliphatic carbocycles. The van der Waals surface area contributed by atoms with E-state index in [1.165, 1.54) is 6.33 Å². The highest BCUT2D eigenvalue weighted by atomic mass is 15.1. The number of hydrogen-bond acceptors (Lipinski definition) is 8. The number of aryl methyl sites for hydroxylation is 1. The van der Waals surface area contributed by atoms with Gasteiger partial charge in [-0.1, -0.05) is 0 Å². The Hall–Kier alpha value is -3.43. The molecule has 0 aliphatic heterocycles. The zero-order valence-electron chi connectivity index (χ0n) is 17.4. The molecule has 0 radical (unpaired) electrons. The van der Waals surface area contributed by atoms with Gasteiger partial charge < -0.3 is 16.8 Å². The molecule has 9 heteroatoms. The molecular weight excluding hydrogens is 390 g/mol. The van der Waals surface area contributed by atoms with Crippen molar-refractivity contribution in [1.82, 2.24) is 29.3 Å². The molecular formula is C22H25N9. The minimum absolute atomic E-state index is 0.209. The first-order valence-electron chi connectivity index (χ1n) is 10.4. The first-order chi connectivity index (χ1) is 15.0. The Morgan fingerprint density at radius 2 is 1.94 bits per heavy atom. The van der Waals surface area contributed by atoms with Gasteiger partial charge in [-0.3, -0.25) is 4.40 Å². The number of nitrogens with two attached hydrogens (primary N) is 2. The number of aromatic nitrogens is 6. The molecule has 1 aliphatic rings. The van der Waals surface area contributed by atoms with E-state index in [2.05, 4.69) is 25.3 Å². The van der Waals surface area contributed by atoms with Crippen LogP contribution in [0.1, 0.15) is 37.1 Å². The second kappa shape index (κ2) is 7.68. The van der Waals surface area contributed by atoms with Gasteiger partial charge in [0.15, 0.2) is 0 Å². The molecule has 9 nitrogen and oxygen atoms in total. The van der Waals surface area contributed by atoms with E-state index in [-0.39, 0.29) is 6.04 Å². The van der Waals surface area contributed by atoms with E-state index in [4.69, 9.17) is 16.5 Å². The fourth-order valence-corrected chi connectivity index (χ4v) is 4.06. The molecule has 0 amide bonds. The lowest BCUT2D eigenvalue weighted by molar-refractivity contribution is 0.264. The van der Waals surface area contributed by atoms with Crippen LogP contribution in [0.2, 0.25) is 0 Å². The summed E-state index contributed by atoms with van der Waals surface area (Å²) in [6.07, 6.45) is 12.2. The second-order valence-electron chi connectivity index (χ2n) is 8.23. The van der Waals surface area contributed by atoms with E-state index >= 15 is 0 Å². The second-order valence-corrected chi connectivity index (χ2v) is 8.23. The summed E-state index contributed by atoms with van der Waals surface area (Å²) in [5.41, 5.74) is 16.6. The van der Waals surface area contributed by atoms with Crippen molar-refractivity contribution in [3.05, 3.63) is 60.7 Å². The van der Waals surface area contributed by atoms with Crippen molar-refractivity contribution in [3.8, 4) is 11.4 Å². The summed E-state index contributed by atoms with van der Waals surface area (Å²) in [7, 11) is 0. The maximum Gasteiger partial charge on any atom is 0.148 e. The topological polar surface area (TPSA) is 133 Å². The van der Waals surface area contributed by atoms with Crippen molar-refractivity contribution in [3.63, 3.8) is 0 Å². The average molecular weight is 416 g/mol. The lowest BCUT2D eigenvalue weighted by Crippen LogP contribution is -2.45. The van der Waals surface area contributed by atoms with Crippen LogP contribution >= 0.6 is 0 Å². The molecule has 0 unspecified atom stereocenters. The Morgan fingerprint density at radius 1 is 1.10 bits per heavy atom. The summed E-state index contributed by atoms with van der Waals surface area (Å²) in [6.45, 7) is 2.00. The normalized spacial score (nSPS) is 21.3. The van der Waals surface area contributed by atoms with E-state index in [0.717, 1.165) is 59.8 Å². The first-order valence-corrected chi connectivity index (χ1v) is 10.4. The van der Waals surface area contributed by atoms with E-state index in [1.807, 2.05) is 48.1 Å². The first kappa shape index (κ1) is 19.5. The van der Waals surface area contributed by atoms with Crippen molar-refractivity contribution in [1.29, 1.82) is 0 Å². The quantitative estimate of drug-likeness (QED) is 0.463. The van der Waals surface area contributed by atoms with Crippen LogP contribution in [0.25, 0.3) is 17.0 Å². The fraction of sp³-hybridized carbons (Fsp3) is 0.318. The predicted octanol–water partition coefficient (Wildman–Crippen LogP) is 2.69. The fourth-order valence-electron chi connectivity index (χ4n) is 4.06. The van der Waals surface area contributed by atoms with Crippen molar-refractivity contribution in [2.75, 3.05) is 5.32 Å². The van der Waals surface area contributed by atoms with Crippen molar-refractivity contribution in [2.45, 2.75) is 44.2 Å². The average Bonchev–Trinajstić information content (AvgIpc) is 3.20. The third-order valence-electron chi connectivity index (χ3n) is 5.94. The lowest BCUT2D eigenvalue weighted by Gasteiger charge is -2.34. The van der Waals surface area contributed by atoms with Crippen LogP contribution in [0.15, 0.2) is 49.3 Å². The van der Waals surface area contributed by atoms with Gasteiger partial charge in [0.05, 0.1) is 28.8 Å². The molecule has 1 saturated carbocycles. The van der Waals surface area contributed by atoms with Crippen LogP contribution in [0.3, 0.4) is 0 Å². The maximum absolute atomic E-state index is 6.71. The Balaban J connectivity index is 1.54. The number of hydrogen-bond donors (Lipinski definition) is 3. The molecule has 0 aromatic carbocycles. The zero-order chi connectivity index (χ0) is 21.4. The summed E-state index contributed by atoms with van der Waals surface area (Å²) >= 11 is 0. The number of rotatable bonds is 4. The van der Waals surface area contributed by atoms with Crippen molar-refractivity contribution < 1.29 is 0 Å². The third-order valence-corrected chi connectivity index (χ3v) is 5.94. The number of anilines is 2.